The molecule has 2 amide bonds. The van der Waals surface area contributed by atoms with Crippen molar-refractivity contribution in [2.75, 3.05) is 12.3 Å². The molecule has 0 atom stereocenters. The average Bonchev–Trinajstić information content (AvgIpc) is 2.63. The average molecular weight is 401 g/mol. The lowest BCUT2D eigenvalue weighted by atomic mass is 9.49. The molecule has 4 aliphatic rings. The summed E-state index contributed by atoms with van der Waals surface area (Å²) in [5, 5.41) is 6.16. The summed E-state index contributed by atoms with van der Waals surface area (Å²) < 4.78 is 0. The van der Waals surface area contributed by atoms with E-state index < -0.39 is 0 Å². The fourth-order valence-electron chi connectivity index (χ4n) is 6.16. The van der Waals surface area contributed by atoms with Crippen molar-refractivity contribution in [3.63, 3.8) is 0 Å². The van der Waals surface area contributed by atoms with E-state index in [0.717, 1.165) is 29.2 Å². The second kappa shape index (κ2) is 8.10. The van der Waals surface area contributed by atoms with E-state index in [1.165, 1.54) is 50.3 Å². The van der Waals surface area contributed by atoms with Gasteiger partial charge in [-0.05, 0) is 87.7 Å². The third-order valence-corrected chi connectivity index (χ3v) is 7.80. The van der Waals surface area contributed by atoms with Crippen LogP contribution in [0.5, 0.6) is 0 Å². The van der Waals surface area contributed by atoms with Crippen molar-refractivity contribution in [3.8, 4) is 0 Å². The van der Waals surface area contributed by atoms with Crippen LogP contribution in [0.4, 0.5) is 0 Å². The van der Waals surface area contributed by atoms with Gasteiger partial charge in [-0.15, -0.1) is 11.8 Å². The quantitative estimate of drug-likeness (QED) is 0.673. The summed E-state index contributed by atoms with van der Waals surface area (Å²) in [6.07, 6.45) is 8.16. The smallest absolute Gasteiger partial charge is 0.252 e. The highest BCUT2D eigenvalue weighted by atomic mass is 32.2. The fourth-order valence-corrected chi connectivity index (χ4v) is 7.02. The molecule has 0 aliphatic heterocycles. The van der Waals surface area contributed by atoms with Crippen LogP contribution in [0, 0.1) is 23.2 Å². The van der Waals surface area contributed by atoms with E-state index in [1.807, 2.05) is 38.1 Å². The minimum absolute atomic E-state index is 0.00288. The lowest BCUT2D eigenvalue weighted by molar-refractivity contribution is -0.119. The number of benzene rings is 1. The van der Waals surface area contributed by atoms with E-state index in [0.29, 0.717) is 16.7 Å². The minimum atomic E-state index is 0.00288. The van der Waals surface area contributed by atoms with E-state index in [4.69, 9.17) is 0 Å². The molecule has 152 valence electrons. The van der Waals surface area contributed by atoms with Crippen LogP contribution in [0.1, 0.15) is 62.7 Å². The molecule has 0 radical (unpaired) electrons. The van der Waals surface area contributed by atoms with E-state index in [-0.39, 0.29) is 17.9 Å². The number of amides is 2. The third kappa shape index (κ3) is 4.40. The first-order valence-corrected chi connectivity index (χ1v) is 11.7. The van der Waals surface area contributed by atoms with Gasteiger partial charge in [-0.2, -0.15) is 0 Å². The van der Waals surface area contributed by atoms with Gasteiger partial charge >= 0.3 is 0 Å². The topological polar surface area (TPSA) is 58.2 Å². The summed E-state index contributed by atoms with van der Waals surface area (Å²) in [5.74, 6) is 3.02. The van der Waals surface area contributed by atoms with Crippen LogP contribution in [0.25, 0.3) is 0 Å². The van der Waals surface area contributed by atoms with Gasteiger partial charge in [-0.25, -0.2) is 0 Å². The normalized spacial score (nSPS) is 30.5. The highest BCUT2D eigenvalue weighted by Gasteiger charge is 2.50. The first kappa shape index (κ1) is 19.8. The van der Waals surface area contributed by atoms with Gasteiger partial charge in [0.05, 0.1) is 11.3 Å². The van der Waals surface area contributed by atoms with Gasteiger partial charge in [0.25, 0.3) is 5.91 Å². The van der Waals surface area contributed by atoms with Gasteiger partial charge in [-0.1, -0.05) is 12.1 Å². The number of hydrogen-bond donors (Lipinski definition) is 2. The zero-order valence-electron chi connectivity index (χ0n) is 17.0. The van der Waals surface area contributed by atoms with Gasteiger partial charge in [0.15, 0.2) is 0 Å². The molecule has 28 heavy (non-hydrogen) atoms. The molecule has 5 heteroatoms. The van der Waals surface area contributed by atoms with Crippen LogP contribution in [-0.4, -0.2) is 30.2 Å². The van der Waals surface area contributed by atoms with Crippen LogP contribution >= 0.6 is 11.8 Å². The molecule has 5 rings (SSSR count). The molecule has 1 aromatic rings. The Morgan fingerprint density at radius 2 is 1.68 bits per heavy atom. The number of carbonyl (C=O) groups is 2. The zero-order chi connectivity index (χ0) is 19.7. The second-order valence-corrected chi connectivity index (χ2v) is 10.6. The van der Waals surface area contributed by atoms with Crippen molar-refractivity contribution in [1.29, 1.82) is 0 Å². The van der Waals surface area contributed by atoms with E-state index >= 15 is 0 Å². The second-order valence-electron chi connectivity index (χ2n) is 9.61. The van der Waals surface area contributed by atoms with Crippen molar-refractivity contribution in [1.82, 2.24) is 10.6 Å². The van der Waals surface area contributed by atoms with Crippen LogP contribution in [0.3, 0.4) is 0 Å². The highest BCUT2D eigenvalue weighted by molar-refractivity contribution is 8.00. The molecule has 4 aliphatic carbocycles. The number of hydrogen-bond acceptors (Lipinski definition) is 3. The van der Waals surface area contributed by atoms with Crippen molar-refractivity contribution in [2.24, 2.45) is 23.2 Å². The van der Waals surface area contributed by atoms with Crippen LogP contribution in [-0.2, 0) is 4.79 Å². The summed E-state index contributed by atoms with van der Waals surface area (Å²) >= 11 is 1.44. The summed E-state index contributed by atoms with van der Waals surface area (Å²) in [7, 11) is 0. The van der Waals surface area contributed by atoms with Crippen molar-refractivity contribution >= 4 is 23.6 Å². The van der Waals surface area contributed by atoms with Crippen molar-refractivity contribution in [3.05, 3.63) is 29.8 Å². The van der Waals surface area contributed by atoms with E-state index in [9.17, 15) is 9.59 Å². The molecular formula is C23H32N2O2S. The molecule has 0 spiro atoms. The Hall–Kier alpha value is -1.49. The van der Waals surface area contributed by atoms with Gasteiger partial charge < -0.3 is 10.6 Å². The highest BCUT2D eigenvalue weighted by Crippen LogP contribution is 2.59. The SMILES string of the molecule is CC(C)NC(=O)CSc1ccccc1C(=O)NCC12CC3CC(CC(C3)C1)C2. The largest absolute Gasteiger partial charge is 0.353 e. The van der Waals surface area contributed by atoms with Gasteiger partial charge in [-0.3, -0.25) is 9.59 Å². The summed E-state index contributed by atoms with van der Waals surface area (Å²) in [6, 6.07) is 7.77. The molecule has 0 heterocycles. The lowest BCUT2D eigenvalue weighted by Crippen LogP contribution is -2.51. The minimum Gasteiger partial charge on any atom is -0.353 e. The molecule has 0 saturated heterocycles. The summed E-state index contributed by atoms with van der Waals surface area (Å²) in [5.41, 5.74) is 1.03. The molecule has 0 unspecified atom stereocenters. The molecule has 4 nitrogen and oxygen atoms in total. The van der Waals surface area contributed by atoms with Gasteiger partial charge in [0.1, 0.15) is 0 Å². The first-order chi connectivity index (χ1) is 13.4. The van der Waals surface area contributed by atoms with Gasteiger partial charge in [0, 0.05) is 17.5 Å². The van der Waals surface area contributed by atoms with E-state index in [1.54, 1.807) is 0 Å². The predicted octanol–water partition coefficient (Wildman–Crippen LogP) is 4.25. The number of nitrogens with one attached hydrogen (secondary N) is 2. The Morgan fingerprint density at radius 1 is 1.07 bits per heavy atom. The standard InChI is InChI=1S/C23H32N2O2S/c1-15(2)25-21(26)13-28-20-6-4-3-5-19(20)22(27)24-14-23-10-16-7-17(11-23)9-18(8-16)12-23/h3-6,15-18H,7-14H2,1-2H3,(H,24,27)(H,25,26). The maximum Gasteiger partial charge on any atom is 0.252 e. The number of rotatable bonds is 7. The molecule has 4 fully saturated rings. The Morgan fingerprint density at radius 3 is 2.29 bits per heavy atom. The number of carbonyl (C=O) groups excluding carboxylic acids is 2. The zero-order valence-corrected chi connectivity index (χ0v) is 17.8. The number of thioether (sulfide) groups is 1. The molecule has 4 saturated carbocycles. The molecule has 2 N–H and O–H groups in total. The van der Waals surface area contributed by atoms with Crippen molar-refractivity contribution < 1.29 is 9.59 Å². The molecule has 4 bridgehead atoms. The summed E-state index contributed by atoms with van der Waals surface area (Å²) in [4.78, 5) is 25.8. The van der Waals surface area contributed by atoms with Crippen molar-refractivity contribution in [2.45, 2.75) is 63.3 Å². The van der Waals surface area contributed by atoms with Crippen LogP contribution in [0.15, 0.2) is 29.2 Å². The fraction of sp³-hybridized carbons (Fsp3) is 0.652. The van der Waals surface area contributed by atoms with Crippen LogP contribution < -0.4 is 10.6 Å². The molecule has 0 aromatic heterocycles. The maximum atomic E-state index is 13.0. The predicted molar refractivity (Wildman–Crippen MR) is 113 cm³/mol. The van der Waals surface area contributed by atoms with E-state index in [2.05, 4.69) is 10.6 Å². The van der Waals surface area contributed by atoms with Crippen LogP contribution in [0.2, 0.25) is 0 Å². The lowest BCUT2D eigenvalue weighted by Gasteiger charge is -2.56. The molecular weight excluding hydrogens is 368 g/mol. The van der Waals surface area contributed by atoms with Gasteiger partial charge in [0.2, 0.25) is 5.91 Å². The summed E-state index contributed by atoms with van der Waals surface area (Å²) in [6.45, 7) is 4.71. The Balaban J connectivity index is 1.37. The third-order valence-electron chi connectivity index (χ3n) is 6.73. The molecule has 1 aromatic carbocycles. The monoisotopic (exact) mass is 400 g/mol. The Kier molecular flexibility index (Phi) is 5.73. The maximum absolute atomic E-state index is 13.0. The first-order valence-electron chi connectivity index (χ1n) is 10.7. The Labute approximate surface area is 172 Å². The Bertz CT molecular complexity index is 711.